The van der Waals surface area contributed by atoms with Crippen LogP contribution in [0.25, 0.3) is 0 Å². The van der Waals surface area contributed by atoms with Crippen molar-refractivity contribution >= 4 is 29.0 Å². The average Bonchev–Trinajstić information content (AvgIpc) is 2.34. The fourth-order valence-corrected chi connectivity index (χ4v) is 1.84. The van der Waals surface area contributed by atoms with E-state index < -0.39 is 0 Å². The van der Waals surface area contributed by atoms with Crippen molar-refractivity contribution in [3.63, 3.8) is 0 Å². The molecule has 0 aliphatic rings. The molecule has 0 aromatic heterocycles. The number of hydrogen-bond donors (Lipinski definition) is 0. The lowest BCUT2D eigenvalue weighted by atomic mass is 10.1. The van der Waals surface area contributed by atoms with Gasteiger partial charge in [0.25, 0.3) is 0 Å². The minimum Gasteiger partial charge on any atom is -0.455 e. The van der Waals surface area contributed by atoms with Gasteiger partial charge in [-0.3, -0.25) is 4.79 Å². The van der Waals surface area contributed by atoms with Crippen LogP contribution >= 0.6 is 23.2 Å². The molecule has 2 aromatic rings. The van der Waals surface area contributed by atoms with Gasteiger partial charge in [0.2, 0.25) is 0 Å². The molecule has 0 radical (unpaired) electrons. The highest BCUT2D eigenvalue weighted by molar-refractivity contribution is 6.34. The average molecular weight is 281 g/mol. The number of halogens is 2. The van der Waals surface area contributed by atoms with E-state index in [1.54, 1.807) is 42.5 Å². The van der Waals surface area contributed by atoms with Crippen LogP contribution in [0.15, 0.2) is 42.5 Å². The number of hydrogen-bond acceptors (Lipinski definition) is 2. The largest absolute Gasteiger partial charge is 0.455 e. The molecule has 0 saturated carbocycles. The summed E-state index contributed by atoms with van der Waals surface area (Å²) in [6.45, 7) is 1.49. The van der Waals surface area contributed by atoms with Crippen LogP contribution in [-0.2, 0) is 0 Å². The number of Topliss-reactive ketones (excluding diaryl/α,β-unsaturated/α-hetero) is 1. The van der Waals surface area contributed by atoms with Gasteiger partial charge < -0.3 is 4.74 Å². The summed E-state index contributed by atoms with van der Waals surface area (Å²) in [6.07, 6.45) is 0. The maximum Gasteiger partial charge on any atom is 0.163 e. The Morgan fingerprint density at radius 1 is 1.06 bits per heavy atom. The molecule has 0 fully saturated rings. The van der Waals surface area contributed by atoms with Crippen LogP contribution in [-0.4, -0.2) is 5.78 Å². The molecule has 0 aliphatic carbocycles. The highest BCUT2D eigenvalue weighted by Crippen LogP contribution is 2.33. The first-order valence-electron chi connectivity index (χ1n) is 5.31. The van der Waals surface area contributed by atoms with E-state index in [1.165, 1.54) is 6.92 Å². The Balaban J connectivity index is 2.40. The first-order chi connectivity index (χ1) is 8.58. The van der Waals surface area contributed by atoms with Crippen LogP contribution in [0, 0.1) is 0 Å². The monoisotopic (exact) mass is 280 g/mol. The molecular weight excluding hydrogens is 271 g/mol. The number of rotatable bonds is 3. The number of carbonyl (C=O) groups is 1. The van der Waals surface area contributed by atoms with Gasteiger partial charge in [0.05, 0.1) is 10.6 Å². The van der Waals surface area contributed by atoms with Crippen LogP contribution in [0.3, 0.4) is 0 Å². The van der Waals surface area contributed by atoms with E-state index in [0.29, 0.717) is 27.1 Å². The second-order valence-electron chi connectivity index (χ2n) is 3.73. The lowest BCUT2D eigenvalue weighted by molar-refractivity contribution is 0.101. The van der Waals surface area contributed by atoms with Crippen molar-refractivity contribution < 1.29 is 9.53 Å². The highest BCUT2D eigenvalue weighted by Gasteiger charge is 2.10. The van der Waals surface area contributed by atoms with Gasteiger partial charge >= 0.3 is 0 Å². The molecule has 0 saturated heterocycles. The first kappa shape index (κ1) is 12.9. The maximum atomic E-state index is 11.5. The minimum atomic E-state index is -0.0660. The van der Waals surface area contributed by atoms with Gasteiger partial charge in [-0.05, 0) is 31.2 Å². The second-order valence-corrected chi connectivity index (χ2v) is 4.57. The summed E-state index contributed by atoms with van der Waals surface area (Å²) in [5.74, 6) is 0.829. The van der Waals surface area contributed by atoms with Gasteiger partial charge in [-0.15, -0.1) is 0 Å². The number of ether oxygens (including phenoxy) is 1. The second kappa shape index (κ2) is 5.42. The van der Waals surface area contributed by atoms with Crippen molar-refractivity contribution in [1.29, 1.82) is 0 Å². The SMILES string of the molecule is CC(=O)c1ccccc1Oc1cc(Cl)ccc1Cl. The molecule has 2 nitrogen and oxygen atoms in total. The van der Waals surface area contributed by atoms with Gasteiger partial charge in [-0.1, -0.05) is 35.3 Å². The lowest BCUT2D eigenvalue weighted by Gasteiger charge is -2.10. The molecule has 18 heavy (non-hydrogen) atoms. The molecule has 0 aliphatic heterocycles. The summed E-state index contributed by atoms with van der Waals surface area (Å²) >= 11 is 11.9. The molecule has 0 heterocycles. The third-order valence-corrected chi connectivity index (χ3v) is 2.93. The van der Waals surface area contributed by atoms with Crippen LogP contribution in [0.2, 0.25) is 10.0 Å². The molecule has 2 rings (SSSR count). The zero-order valence-electron chi connectivity index (χ0n) is 9.61. The number of benzene rings is 2. The van der Waals surface area contributed by atoms with Gasteiger partial charge in [0.1, 0.15) is 11.5 Å². The number of carbonyl (C=O) groups excluding carboxylic acids is 1. The van der Waals surface area contributed by atoms with Gasteiger partial charge in [-0.25, -0.2) is 0 Å². The molecule has 0 amide bonds. The van der Waals surface area contributed by atoms with E-state index >= 15 is 0 Å². The molecule has 4 heteroatoms. The van der Waals surface area contributed by atoms with E-state index in [0.717, 1.165) is 0 Å². The lowest BCUT2D eigenvalue weighted by Crippen LogP contribution is -1.96. The van der Waals surface area contributed by atoms with Gasteiger partial charge in [-0.2, -0.15) is 0 Å². The van der Waals surface area contributed by atoms with Crippen LogP contribution in [0.4, 0.5) is 0 Å². The van der Waals surface area contributed by atoms with Gasteiger partial charge in [0, 0.05) is 11.1 Å². The Morgan fingerprint density at radius 3 is 2.50 bits per heavy atom. The van der Waals surface area contributed by atoms with Crippen molar-refractivity contribution in [3.05, 3.63) is 58.1 Å². The predicted octanol–water partition coefficient (Wildman–Crippen LogP) is 4.99. The Labute approximate surface area is 115 Å². The summed E-state index contributed by atoms with van der Waals surface area (Å²) in [7, 11) is 0. The minimum absolute atomic E-state index is 0.0660. The third kappa shape index (κ3) is 2.84. The fraction of sp³-hybridized carbons (Fsp3) is 0.0714. The summed E-state index contributed by atoms with van der Waals surface area (Å²) in [6, 6.07) is 11.9. The highest BCUT2D eigenvalue weighted by atomic mass is 35.5. The normalized spacial score (nSPS) is 10.2. The number of para-hydroxylation sites is 1. The molecule has 0 spiro atoms. The van der Waals surface area contributed by atoms with Crippen LogP contribution in [0.5, 0.6) is 11.5 Å². The van der Waals surface area contributed by atoms with Crippen molar-refractivity contribution in [1.82, 2.24) is 0 Å². The molecule has 2 aromatic carbocycles. The summed E-state index contributed by atoms with van der Waals surface area (Å²) < 4.78 is 5.65. The van der Waals surface area contributed by atoms with Crippen molar-refractivity contribution in [2.75, 3.05) is 0 Å². The smallest absolute Gasteiger partial charge is 0.163 e. The zero-order valence-corrected chi connectivity index (χ0v) is 11.1. The molecular formula is C14H10Cl2O2. The predicted molar refractivity (Wildman–Crippen MR) is 73.0 cm³/mol. The van der Waals surface area contributed by atoms with Crippen LogP contribution < -0.4 is 4.74 Å². The van der Waals surface area contributed by atoms with Crippen LogP contribution in [0.1, 0.15) is 17.3 Å². The zero-order chi connectivity index (χ0) is 13.1. The summed E-state index contributed by atoms with van der Waals surface area (Å²) in [5, 5.41) is 0.965. The Hall–Kier alpha value is -1.51. The Bertz CT molecular complexity index is 594. The van der Waals surface area contributed by atoms with Crippen molar-refractivity contribution in [2.45, 2.75) is 6.92 Å². The standard InChI is InChI=1S/C14H10Cl2O2/c1-9(17)11-4-2-3-5-13(11)18-14-8-10(15)6-7-12(14)16/h2-8H,1H3. The van der Waals surface area contributed by atoms with E-state index in [-0.39, 0.29) is 5.78 Å². The summed E-state index contributed by atoms with van der Waals surface area (Å²) in [5.41, 5.74) is 0.508. The van der Waals surface area contributed by atoms with Crippen molar-refractivity contribution in [2.24, 2.45) is 0 Å². The Kier molecular flexibility index (Phi) is 3.90. The van der Waals surface area contributed by atoms with E-state index in [4.69, 9.17) is 27.9 Å². The summed E-state index contributed by atoms with van der Waals surface area (Å²) in [4.78, 5) is 11.5. The molecule has 0 bridgehead atoms. The topological polar surface area (TPSA) is 26.3 Å². The fourth-order valence-electron chi connectivity index (χ4n) is 1.52. The molecule has 92 valence electrons. The quantitative estimate of drug-likeness (QED) is 0.741. The first-order valence-corrected chi connectivity index (χ1v) is 6.06. The molecule has 0 atom stereocenters. The van der Waals surface area contributed by atoms with E-state index in [2.05, 4.69) is 0 Å². The van der Waals surface area contributed by atoms with E-state index in [9.17, 15) is 4.79 Å². The molecule has 0 N–H and O–H groups in total. The maximum absolute atomic E-state index is 11.5. The number of ketones is 1. The Morgan fingerprint density at radius 2 is 1.78 bits per heavy atom. The van der Waals surface area contributed by atoms with Gasteiger partial charge in [0.15, 0.2) is 5.78 Å². The third-order valence-electron chi connectivity index (χ3n) is 2.38. The van der Waals surface area contributed by atoms with E-state index in [1.807, 2.05) is 0 Å². The molecule has 0 unspecified atom stereocenters. The van der Waals surface area contributed by atoms with Crippen molar-refractivity contribution in [3.8, 4) is 11.5 Å².